The predicted octanol–water partition coefficient (Wildman–Crippen LogP) is 3.67. The maximum atomic E-state index is 13.5. The van der Waals surface area contributed by atoms with Gasteiger partial charge in [0, 0.05) is 11.1 Å². The monoisotopic (exact) mass is 322 g/mol. The van der Waals surface area contributed by atoms with Crippen LogP contribution in [-0.2, 0) is 0 Å². The Balaban J connectivity index is 5.05. The third kappa shape index (κ3) is 6.02. The molecule has 0 radical (unpaired) electrons. The van der Waals surface area contributed by atoms with Crippen LogP contribution in [0.2, 0.25) is 0 Å². The molecule has 0 rings (SSSR count). The maximum absolute atomic E-state index is 13.5. The molecule has 0 aliphatic rings. The summed E-state index contributed by atoms with van der Waals surface area (Å²) >= 11 is 0. The van der Waals surface area contributed by atoms with Crippen LogP contribution < -0.4 is 10.6 Å². The van der Waals surface area contributed by atoms with E-state index in [0.29, 0.717) is 0 Å². The highest BCUT2D eigenvalue weighted by Gasteiger charge is 2.70. The highest BCUT2D eigenvalue weighted by molar-refractivity contribution is 5.00. The van der Waals surface area contributed by atoms with E-state index in [1.807, 2.05) is 0 Å². The lowest BCUT2D eigenvalue weighted by Gasteiger charge is -2.36. The molecule has 2 nitrogen and oxygen atoms in total. The highest BCUT2D eigenvalue weighted by atomic mass is 19.3. The SMILES string of the molecule is CC(C)(C)NCC(F)(F)C(F)(F)C(F)(F)CNC(C)(C)C. The van der Waals surface area contributed by atoms with E-state index < -0.39 is 41.9 Å². The van der Waals surface area contributed by atoms with E-state index in [1.165, 1.54) is 41.5 Å². The molecular formula is C13H24F6N2. The van der Waals surface area contributed by atoms with Crippen LogP contribution in [0.25, 0.3) is 0 Å². The zero-order valence-electron chi connectivity index (χ0n) is 13.2. The molecule has 0 heterocycles. The summed E-state index contributed by atoms with van der Waals surface area (Å²) in [6.45, 7) is 5.77. The normalized spacial score (nSPS) is 15.4. The fourth-order valence-corrected chi connectivity index (χ4v) is 1.24. The molecule has 21 heavy (non-hydrogen) atoms. The summed E-state index contributed by atoms with van der Waals surface area (Å²) in [4.78, 5) is 0. The Labute approximate surface area is 121 Å². The molecule has 0 aromatic rings. The summed E-state index contributed by atoms with van der Waals surface area (Å²) in [7, 11) is 0. The van der Waals surface area contributed by atoms with Gasteiger partial charge >= 0.3 is 17.8 Å². The molecule has 0 saturated heterocycles. The Hall–Kier alpha value is -0.500. The molecule has 0 atom stereocenters. The lowest BCUT2D eigenvalue weighted by Crippen LogP contribution is -2.63. The summed E-state index contributed by atoms with van der Waals surface area (Å²) in [5.41, 5.74) is -1.78. The molecule has 0 spiro atoms. The van der Waals surface area contributed by atoms with Crippen molar-refractivity contribution in [2.24, 2.45) is 0 Å². The van der Waals surface area contributed by atoms with Crippen LogP contribution in [0, 0.1) is 0 Å². The molecule has 2 N–H and O–H groups in total. The predicted molar refractivity (Wildman–Crippen MR) is 70.4 cm³/mol. The van der Waals surface area contributed by atoms with E-state index in [-0.39, 0.29) is 0 Å². The first-order chi connectivity index (χ1) is 8.91. The van der Waals surface area contributed by atoms with Gasteiger partial charge in [0.05, 0.1) is 13.1 Å². The van der Waals surface area contributed by atoms with Crippen molar-refractivity contribution in [3.63, 3.8) is 0 Å². The first kappa shape index (κ1) is 20.5. The average Bonchev–Trinajstić information content (AvgIpc) is 2.21. The summed E-state index contributed by atoms with van der Waals surface area (Å²) in [6, 6.07) is 0. The van der Waals surface area contributed by atoms with Crippen molar-refractivity contribution < 1.29 is 26.3 Å². The third-order valence-corrected chi connectivity index (χ3v) is 2.60. The summed E-state index contributed by atoms with van der Waals surface area (Å²) < 4.78 is 81.2. The standard InChI is InChI=1S/C13H24F6N2/c1-9(2,3)20-7-11(14,15)13(18,19)12(16,17)8-21-10(4,5)6/h20-21H,7-8H2,1-6H3. The van der Waals surface area contributed by atoms with E-state index in [2.05, 4.69) is 10.6 Å². The van der Waals surface area contributed by atoms with Gasteiger partial charge in [-0.15, -0.1) is 0 Å². The number of nitrogens with one attached hydrogen (secondary N) is 2. The summed E-state index contributed by atoms with van der Waals surface area (Å²) in [6.07, 6.45) is 0. The first-order valence-corrected chi connectivity index (χ1v) is 6.55. The largest absolute Gasteiger partial charge is 0.374 e. The molecule has 0 aliphatic heterocycles. The topological polar surface area (TPSA) is 24.1 Å². The second kappa shape index (κ2) is 5.95. The Bertz CT molecular complexity index is 310. The lowest BCUT2D eigenvalue weighted by molar-refractivity contribution is -0.305. The Morgan fingerprint density at radius 1 is 0.571 bits per heavy atom. The average molecular weight is 322 g/mol. The molecular weight excluding hydrogens is 298 g/mol. The minimum Gasteiger partial charge on any atom is -0.306 e. The molecule has 0 amide bonds. The zero-order valence-corrected chi connectivity index (χ0v) is 13.2. The smallest absolute Gasteiger partial charge is 0.306 e. The second-order valence-corrected chi connectivity index (χ2v) is 7.19. The van der Waals surface area contributed by atoms with Crippen LogP contribution >= 0.6 is 0 Å². The minimum atomic E-state index is -5.46. The Morgan fingerprint density at radius 2 is 0.810 bits per heavy atom. The van der Waals surface area contributed by atoms with Gasteiger partial charge in [-0.25, -0.2) is 0 Å². The van der Waals surface area contributed by atoms with Gasteiger partial charge in [0.2, 0.25) is 0 Å². The van der Waals surface area contributed by atoms with Crippen LogP contribution in [0.1, 0.15) is 41.5 Å². The molecule has 0 unspecified atom stereocenters. The van der Waals surface area contributed by atoms with Gasteiger partial charge < -0.3 is 10.6 Å². The lowest BCUT2D eigenvalue weighted by atomic mass is 10.0. The van der Waals surface area contributed by atoms with Gasteiger partial charge in [0.25, 0.3) is 0 Å². The van der Waals surface area contributed by atoms with E-state index in [4.69, 9.17) is 0 Å². The van der Waals surface area contributed by atoms with Gasteiger partial charge in [0.1, 0.15) is 0 Å². The van der Waals surface area contributed by atoms with E-state index in [0.717, 1.165) is 0 Å². The third-order valence-electron chi connectivity index (χ3n) is 2.60. The first-order valence-electron chi connectivity index (χ1n) is 6.55. The van der Waals surface area contributed by atoms with Gasteiger partial charge in [0.15, 0.2) is 0 Å². The second-order valence-electron chi connectivity index (χ2n) is 7.19. The molecule has 8 heteroatoms. The molecule has 0 aromatic carbocycles. The van der Waals surface area contributed by atoms with Crippen molar-refractivity contribution in [3.8, 4) is 0 Å². The summed E-state index contributed by atoms with van der Waals surface area (Å²) in [5, 5.41) is 4.26. The fourth-order valence-electron chi connectivity index (χ4n) is 1.24. The highest BCUT2D eigenvalue weighted by Crippen LogP contribution is 2.45. The Kier molecular flexibility index (Phi) is 5.81. The van der Waals surface area contributed by atoms with Crippen LogP contribution in [0.5, 0.6) is 0 Å². The maximum Gasteiger partial charge on any atom is 0.374 e. The van der Waals surface area contributed by atoms with Crippen molar-refractivity contribution >= 4 is 0 Å². The van der Waals surface area contributed by atoms with Crippen LogP contribution in [0.15, 0.2) is 0 Å². The van der Waals surface area contributed by atoms with Gasteiger partial charge in [-0.2, -0.15) is 26.3 Å². The molecule has 128 valence electrons. The van der Waals surface area contributed by atoms with Crippen molar-refractivity contribution in [2.75, 3.05) is 13.1 Å². The van der Waals surface area contributed by atoms with Crippen molar-refractivity contribution in [1.82, 2.24) is 10.6 Å². The number of alkyl halides is 6. The van der Waals surface area contributed by atoms with Gasteiger partial charge in [-0.3, -0.25) is 0 Å². The van der Waals surface area contributed by atoms with E-state index >= 15 is 0 Å². The molecule has 0 aliphatic carbocycles. The fraction of sp³-hybridized carbons (Fsp3) is 1.00. The quantitative estimate of drug-likeness (QED) is 0.729. The van der Waals surface area contributed by atoms with Crippen LogP contribution in [0.4, 0.5) is 26.3 Å². The van der Waals surface area contributed by atoms with Crippen molar-refractivity contribution in [2.45, 2.75) is 70.4 Å². The van der Waals surface area contributed by atoms with Crippen LogP contribution in [0.3, 0.4) is 0 Å². The van der Waals surface area contributed by atoms with Crippen molar-refractivity contribution in [1.29, 1.82) is 0 Å². The molecule has 0 aromatic heterocycles. The molecule has 0 saturated carbocycles. The number of hydrogen-bond acceptors (Lipinski definition) is 2. The van der Waals surface area contributed by atoms with E-state index in [1.54, 1.807) is 0 Å². The van der Waals surface area contributed by atoms with Gasteiger partial charge in [-0.05, 0) is 41.5 Å². The zero-order chi connectivity index (χ0) is 17.3. The van der Waals surface area contributed by atoms with Crippen molar-refractivity contribution in [3.05, 3.63) is 0 Å². The Morgan fingerprint density at radius 3 is 1.00 bits per heavy atom. The van der Waals surface area contributed by atoms with E-state index in [9.17, 15) is 26.3 Å². The molecule has 0 bridgehead atoms. The molecule has 0 fully saturated rings. The number of rotatable bonds is 6. The number of halogens is 6. The van der Waals surface area contributed by atoms with Gasteiger partial charge in [-0.1, -0.05) is 0 Å². The summed E-state index contributed by atoms with van der Waals surface area (Å²) in [5.74, 6) is -15.2. The minimum absolute atomic E-state index is 0.890. The van der Waals surface area contributed by atoms with Crippen LogP contribution in [-0.4, -0.2) is 41.9 Å². The number of hydrogen-bond donors (Lipinski definition) is 2.